The van der Waals surface area contributed by atoms with E-state index < -0.39 is 5.60 Å². The number of nitrogens with zero attached hydrogens (tertiary/aromatic N) is 1. The third-order valence-corrected chi connectivity index (χ3v) is 4.22. The fraction of sp³-hybridized carbons (Fsp3) is 0.615. The van der Waals surface area contributed by atoms with Gasteiger partial charge in [-0.3, -0.25) is 4.98 Å². The second-order valence-electron chi connectivity index (χ2n) is 4.90. The van der Waals surface area contributed by atoms with Crippen LogP contribution in [0.1, 0.15) is 31.2 Å². The Morgan fingerprint density at radius 1 is 1.38 bits per heavy atom. The molecule has 0 spiro atoms. The molecule has 2 fully saturated rings. The van der Waals surface area contributed by atoms with Crippen molar-refractivity contribution >= 4 is 0 Å². The number of hydrogen-bond donors (Lipinski definition) is 1. The summed E-state index contributed by atoms with van der Waals surface area (Å²) < 4.78 is 5.30. The summed E-state index contributed by atoms with van der Waals surface area (Å²) in [6.45, 7) is 0. The van der Waals surface area contributed by atoms with Crippen molar-refractivity contribution in [2.24, 2.45) is 11.8 Å². The first-order chi connectivity index (χ1) is 7.78. The first-order valence-corrected chi connectivity index (χ1v) is 5.99. The van der Waals surface area contributed by atoms with Crippen molar-refractivity contribution in [3.8, 4) is 5.75 Å². The van der Waals surface area contributed by atoms with Crippen molar-refractivity contribution in [2.45, 2.75) is 31.3 Å². The average Bonchev–Trinajstić information content (AvgIpc) is 2.97. The average molecular weight is 219 g/mol. The summed E-state index contributed by atoms with van der Waals surface area (Å²) in [4.78, 5) is 4.04. The third-order valence-electron chi connectivity index (χ3n) is 4.22. The fourth-order valence-electron chi connectivity index (χ4n) is 3.37. The maximum absolute atomic E-state index is 10.8. The maximum atomic E-state index is 10.8. The van der Waals surface area contributed by atoms with Crippen molar-refractivity contribution in [1.29, 1.82) is 0 Å². The molecule has 1 heterocycles. The van der Waals surface area contributed by atoms with Crippen LogP contribution in [0.15, 0.2) is 18.5 Å². The van der Waals surface area contributed by atoms with E-state index >= 15 is 0 Å². The molecule has 0 radical (unpaired) electrons. The molecule has 2 atom stereocenters. The number of rotatable bonds is 2. The predicted molar refractivity (Wildman–Crippen MR) is 60.1 cm³/mol. The largest absolute Gasteiger partial charge is 0.495 e. The predicted octanol–water partition coefficient (Wildman–Crippen LogP) is 2.10. The first kappa shape index (κ1) is 10.1. The van der Waals surface area contributed by atoms with Crippen LogP contribution in [-0.2, 0) is 5.60 Å². The minimum atomic E-state index is -0.634. The van der Waals surface area contributed by atoms with Crippen LogP contribution >= 0.6 is 0 Å². The van der Waals surface area contributed by atoms with Gasteiger partial charge in [0.1, 0.15) is 5.75 Å². The molecule has 0 amide bonds. The zero-order valence-corrected chi connectivity index (χ0v) is 9.52. The van der Waals surface area contributed by atoms with Crippen LogP contribution in [0, 0.1) is 11.8 Å². The van der Waals surface area contributed by atoms with Crippen molar-refractivity contribution in [3.63, 3.8) is 0 Å². The van der Waals surface area contributed by atoms with Crippen LogP contribution in [0.4, 0.5) is 0 Å². The molecule has 2 aliphatic rings. The Hall–Kier alpha value is -1.09. The highest BCUT2D eigenvalue weighted by molar-refractivity contribution is 5.42. The monoisotopic (exact) mass is 219 g/mol. The summed E-state index contributed by atoms with van der Waals surface area (Å²) in [7, 11) is 1.63. The normalized spacial score (nSPS) is 36.6. The van der Waals surface area contributed by atoms with Crippen LogP contribution in [0.5, 0.6) is 5.75 Å². The van der Waals surface area contributed by atoms with E-state index in [9.17, 15) is 5.11 Å². The van der Waals surface area contributed by atoms with Gasteiger partial charge in [0.25, 0.3) is 0 Å². The quantitative estimate of drug-likeness (QED) is 0.828. The summed E-state index contributed by atoms with van der Waals surface area (Å²) in [6, 6.07) is 1.90. The van der Waals surface area contributed by atoms with Crippen LogP contribution in [0.3, 0.4) is 0 Å². The first-order valence-electron chi connectivity index (χ1n) is 5.99. The molecule has 2 saturated carbocycles. The Morgan fingerprint density at radius 2 is 2.06 bits per heavy atom. The highest BCUT2D eigenvalue weighted by Gasteiger charge is 2.65. The van der Waals surface area contributed by atoms with Crippen molar-refractivity contribution < 1.29 is 9.84 Å². The number of ether oxygens (including phenoxy) is 1. The zero-order valence-electron chi connectivity index (χ0n) is 9.52. The lowest BCUT2D eigenvalue weighted by molar-refractivity contribution is 0.114. The summed E-state index contributed by atoms with van der Waals surface area (Å²) >= 11 is 0. The summed E-state index contributed by atoms with van der Waals surface area (Å²) in [5.74, 6) is 1.61. The highest BCUT2D eigenvalue weighted by Crippen LogP contribution is 2.65. The molecule has 1 N–H and O–H groups in total. The molecule has 16 heavy (non-hydrogen) atoms. The zero-order chi connectivity index (χ0) is 11.2. The number of pyridine rings is 1. The molecule has 0 saturated heterocycles. The molecule has 2 aliphatic carbocycles. The van der Waals surface area contributed by atoms with Gasteiger partial charge >= 0.3 is 0 Å². The Bertz CT molecular complexity index is 393. The van der Waals surface area contributed by atoms with Crippen molar-refractivity contribution in [1.82, 2.24) is 4.98 Å². The molecule has 3 heteroatoms. The summed E-state index contributed by atoms with van der Waals surface area (Å²) in [5, 5.41) is 10.8. The number of fused-ring (bicyclic) bond motifs is 1. The van der Waals surface area contributed by atoms with Gasteiger partial charge in [0, 0.05) is 11.8 Å². The molecule has 0 aliphatic heterocycles. The van der Waals surface area contributed by atoms with Gasteiger partial charge in [0.05, 0.1) is 18.9 Å². The van der Waals surface area contributed by atoms with E-state index in [0.29, 0.717) is 11.8 Å². The Balaban J connectivity index is 1.98. The van der Waals surface area contributed by atoms with Gasteiger partial charge in [-0.25, -0.2) is 0 Å². The molecule has 86 valence electrons. The molecule has 1 aromatic heterocycles. The second-order valence-corrected chi connectivity index (χ2v) is 4.90. The van der Waals surface area contributed by atoms with Crippen LogP contribution in [0.25, 0.3) is 0 Å². The lowest BCUT2D eigenvalue weighted by atomic mass is 10.0. The van der Waals surface area contributed by atoms with Crippen molar-refractivity contribution in [2.75, 3.05) is 7.11 Å². The van der Waals surface area contributed by atoms with Gasteiger partial charge in [0.15, 0.2) is 0 Å². The van der Waals surface area contributed by atoms with E-state index in [0.717, 1.165) is 24.2 Å². The summed E-state index contributed by atoms with van der Waals surface area (Å²) in [6.07, 6.45) is 8.21. The highest BCUT2D eigenvalue weighted by atomic mass is 16.5. The topological polar surface area (TPSA) is 42.4 Å². The minimum absolute atomic E-state index is 0.442. The van der Waals surface area contributed by atoms with E-state index in [2.05, 4.69) is 4.98 Å². The van der Waals surface area contributed by atoms with Crippen LogP contribution < -0.4 is 4.74 Å². The van der Waals surface area contributed by atoms with Crippen LogP contribution in [-0.4, -0.2) is 17.2 Å². The molecule has 3 nitrogen and oxygen atoms in total. The van der Waals surface area contributed by atoms with Gasteiger partial charge in [-0.05, 0) is 30.7 Å². The Morgan fingerprint density at radius 3 is 2.69 bits per heavy atom. The molecule has 0 aromatic carbocycles. The fourth-order valence-corrected chi connectivity index (χ4v) is 3.37. The van der Waals surface area contributed by atoms with E-state index in [1.807, 2.05) is 6.07 Å². The number of hydrogen-bond acceptors (Lipinski definition) is 3. The minimum Gasteiger partial charge on any atom is -0.495 e. The summed E-state index contributed by atoms with van der Waals surface area (Å²) in [5.41, 5.74) is 0.298. The molecule has 1 aromatic rings. The molecule has 0 bridgehead atoms. The lowest BCUT2D eigenvalue weighted by Gasteiger charge is -2.14. The molecular weight excluding hydrogens is 202 g/mol. The smallest absolute Gasteiger partial charge is 0.143 e. The number of methoxy groups -OCH3 is 1. The van der Waals surface area contributed by atoms with Gasteiger partial charge in [-0.2, -0.15) is 0 Å². The van der Waals surface area contributed by atoms with Gasteiger partial charge in [-0.1, -0.05) is 12.8 Å². The molecule has 2 unspecified atom stereocenters. The van der Waals surface area contributed by atoms with Crippen LogP contribution in [0.2, 0.25) is 0 Å². The Kier molecular flexibility index (Phi) is 2.18. The number of aliphatic hydroxyl groups is 1. The standard InChI is InChI=1S/C13H17NO2/c1-16-12-8-14-7-6-11(12)13(15)9-4-2-3-5-10(9)13/h6-10,15H,2-5H2,1H3. The van der Waals surface area contributed by atoms with E-state index in [-0.39, 0.29) is 0 Å². The lowest BCUT2D eigenvalue weighted by Crippen LogP contribution is -2.12. The molecular formula is C13H17NO2. The van der Waals surface area contributed by atoms with E-state index in [1.54, 1.807) is 19.5 Å². The van der Waals surface area contributed by atoms with Crippen molar-refractivity contribution in [3.05, 3.63) is 24.0 Å². The Labute approximate surface area is 95.5 Å². The van der Waals surface area contributed by atoms with Gasteiger partial charge in [0.2, 0.25) is 0 Å². The SMILES string of the molecule is COc1cnccc1C1(O)C2CCCCC21. The number of aromatic nitrogens is 1. The third kappa shape index (κ3) is 1.21. The van der Waals surface area contributed by atoms with E-state index in [1.165, 1.54) is 12.8 Å². The van der Waals surface area contributed by atoms with Gasteiger partial charge < -0.3 is 9.84 Å². The molecule has 3 rings (SSSR count). The van der Waals surface area contributed by atoms with Gasteiger partial charge in [-0.15, -0.1) is 0 Å². The second kappa shape index (κ2) is 3.45. The maximum Gasteiger partial charge on any atom is 0.143 e. The van der Waals surface area contributed by atoms with E-state index in [4.69, 9.17) is 4.74 Å².